The molecule has 0 bridgehead atoms. The molecule has 2 aromatic carbocycles. The van der Waals surface area contributed by atoms with Crippen molar-refractivity contribution < 1.29 is 47.8 Å². The third kappa shape index (κ3) is 15.3. The SMILES string of the molecule is COC(=O)C(Cc1cccc(CN)c1)NC(=O)CNC(=O)CC1NC(=O)CNC1=O.COC(=O)C(Cc1cccc(CN)c1)NC(=O)CNC(C)=O. The molecule has 10 N–H and O–H groups in total. The molecule has 282 valence electrons. The smallest absolute Gasteiger partial charge is 0.328 e. The van der Waals surface area contributed by atoms with Crippen LogP contribution in [-0.2, 0) is 73.8 Å². The van der Waals surface area contributed by atoms with E-state index >= 15 is 0 Å². The molecule has 3 unspecified atom stereocenters. The summed E-state index contributed by atoms with van der Waals surface area (Å²) in [5.74, 6) is -4.03. The largest absolute Gasteiger partial charge is 0.467 e. The van der Waals surface area contributed by atoms with Gasteiger partial charge < -0.3 is 52.8 Å². The lowest BCUT2D eigenvalue weighted by atomic mass is 10.0. The third-order valence-corrected chi connectivity index (χ3v) is 7.38. The molecule has 1 aliphatic heterocycles. The Morgan fingerprint density at radius 2 is 1.21 bits per heavy atom. The predicted octanol–water partition coefficient (Wildman–Crippen LogP) is -3.05. The normalized spacial score (nSPS) is 14.4. The van der Waals surface area contributed by atoms with Gasteiger partial charge in [-0.15, -0.1) is 0 Å². The average molecular weight is 727 g/mol. The first kappa shape index (κ1) is 42.3. The Hall–Kier alpha value is -5.88. The van der Waals surface area contributed by atoms with Gasteiger partial charge in [0, 0.05) is 32.9 Å². The highest BCUT2D eigenvalue weighted by atomic mass is 16.5. The third-order valence-electron chi connectivity index (χ3n) is 7.38. The van der Waals surface area contributed by atoms with Crippen LogP contribution in [0.2, 0.25) is 0 Å². The van der Waals surface area contributed by atoms with E-state index in [1.807, 2.05) is 36.4 Å². The van der Waals surface area contributed by atoms with E-state index in [-0.39, 0.29) is 38.3 Å². The topological polar surface area (TPSA) is 279 Å². The minimum atomic E-state index is -0.994. The molecule has 1 heterocycles. The predicted molar refractivity (Wildman–Crippen MR) is 185 cm³/mol. The van der Waals surface area contributed by atoms with Crippen molar-refractivity contribution in [2.75, 3.05) is 33.9 Å². The second-order valence-corrected chi connectivity index (χ2v) is 11.5. The van der Waals surface area contributed by atoms with Crippen molar-refractivity contribution in [3.05, 3.63) is 70.8 Å². The summed E-state index contributed by atoms with van der Waals surface area (Å²) in [6, 6.07) is 11.9. The number of ether oxygens (including phenoxy) is 2. The molecule has 18 heteroatoms. The molecule has 52 heavy (non-hydrogen) atoms. The van der Waals surface area contributed by atoms with Crippen molar-refractivity contribution in [1.82, 2.24) is 31.9 Å². The molecule has 3 atom stereocenters. The first-order chi connectivity index (χ1) is 24.8. The lowest BCUT2D eigenvalue weighted by molar-refractivity contribution is -0.145. The second-order valence-electron chi connectivity index (χ2n) is 11.5. The maximum Gasteiger partial charge on any atom is 0.328 e. The van der Waals surface area contributed by atoms with Gasteiger partial charge in [-0.05, 0) is 22.3 Å². The van der Waals surface area contributed by atoms with Crippen LogP contribution in [0.1, 0.15) is 35.6 Å². The molecular weight excluding hydrogens is 680 g/mol. The van der Waals surface area contributed by atoms with Gasteiger partial charge in [-0.25, -0.2) is 9.59 Å². The lowest BCUT2D eigenvalue weighted by Gasteiger charge is -2.22. The number of piperazine rings is 1. The first-order valence-corrected chi connectivity index (χ1v) is 16.2. The van der Waals surface area contributed by atoms with E-state index in [4.69, 9.17) is 20.9 Å². The molecule has 0 saturated carbocycles. The summed E-state index contributed by atoms with van der Waals surface area (Å²) in [4.78, 5) is 93.5. The standard InChI is InChI=1S/C19H25N5O6.C15H21N3O4/c1-30-19(29)14(6-11-3-2-4-12(5-11)8-20)24-16(26)9-21-15(25)7-13-18(28)22-10-17(27)23-13;1-10(19)17-9-14(20)18-13(15(21)22-2)7-11-4-3-5-12(6-11)8-16/h2-5,13-14H,6-10,20H2,1H3,(H,21,25)(H,22,28)(H,23,27)(H,24,26);3-6,13H,7-9,16H2,1-2H3,(H,17,19)(H,18,20). The molecule has 2 aromatic rings. The quantitative estimate of drug-likeness (QED) is 0.0802. The molecule has 0 aliphatic carbocycles. The van der Waals surface area contributed by atoms with Crippen molar-refractivity contribution in [3.8, 4) is 0 Å². The van der Waals surface area contributed by atoms with Gasteiger partial charge >= 0.3 is 11.9 Å². The van der Waals surface area contributed by atoms with Gasteiger partial charge in [0.15, 0.2) is 0 Å². The molecule has 6 amide bonds. The number of carbonyl (C=O) groups is 8. The minimum Gasteiger partial charge on any atom is -0.467 e. The number of benzene rings is 2. The van der Waals surface area contributed by atoms with Crippen molar-refractivity contribution in [2.45, 2.75) is 57.4 Å². The van der Waals surface area contributed by atoms with Crippen LogP contribution in [0.5, 0.6) is 0 Å². The van der Waals surface area contributed by atoms with Crippen molar-refractivity contribution in [2.24, 2.45) is 11.5 Å². The molecule has 1 aliphatic rings. The highest BCUT2D eigenvalue weighted by Crippen LogP contribution is 2.10. The number of amides is 6. The molecule has 0 spiro atoms. The number of rotatable bonds is 16. The highest BCUT2D eigenvalue weighted by Gasteiger charge is 2.28. The molecule has 3 rings (SSSR count). The molecule has 0 radical (unpaired) electrons. The maximum atomic E-state index is 12.2. The molecule has 1 saturated heterocycles. The van der Waals surface area contributed by atoms with Crippen LogP contribution in [-0.4, -0.2) is 99.4 Å². The summed E-state index contributed by atoms with van der Waals surface area (Å²) in [5.41, 5.74) is 14.7. The van der Waals surface area contributed by atoms with E-state index < -0.39 is 66.1 Å². The van der Waals surface area contributed by atoms with E-state index in [0.29, 0.717) is 13.1 Å². The van der Waals surface area contributed by atoms with E-state index in [2.05, 4.69) is 31.9 Å². The van der Waals surface area contributed by atoms with Gasteiger partial charge in [-0.3, -0.25) is 28.8 Å². The molecular formula is C34H46N8O10. The average Bonchev–Trinajstić information content (AvgIpc) is 3.13. The summed E-state index contributed by atoms with van der Waals surface area (Å²) in [6.45, 7) is 1.31. The number of nitrogens with two attached hydrogens (primary N) is 2. The Morgan fingerprint density at radius 1 is 0.750 bits per heavy atom. The maximum absolute atomic E-state index is 12.2. The number of esters is 2. The van der Waals surface area contributed by atoms with Gasteiger partial charge in [0.25, 0.3) is 0 Å². The van der Waals surface area contributed by atoms with Crippen molar-refractivity contribution in [1.29, 1.82) is 0 Å². The summed E-state index contributed by atoms with van der Waals surface area (Å²) in [6.07, 6.45) is 0.165. The second kappa shape index (κ2) is 22.0. The van der Waals surface area contributed by atoms with Gasteiger partial charge in [-0.2, -0.15) is 0 Å². The van der Waals surface area contributed by atoms with Crippen LogP contribution >= 0.6 is 0 Å². The zero-order chi connectivity index (χ0) is 38.6. The van der Waals surface area contributed by atoms with Crippen molar-refractivity contribution in [3.63, 3.8) is 0 Å². The fourth-order valence-corrected chi connectivity index (χ4v) is 4.79. The van der Waals surface area contributed by atoms with Crippen LogP contribution in [0.4, 0.5) is 0 Å². The van der Waals surface area contributed by atoms with Crippen LogP contribution in [0.25, 0.3) is 0 Å². The van der Waals surface area contributed by atoms with Crippen molar-refractivity contribution >= 4 is 47.4 Å². The van der Waals surface area contributed by atoms with E-state index in [1.54, 1.807) is 12.1 Å². The number of hydrogen-bond donors (Lipinski definition) is 8. The molecule has 1 fully saturated rings. The van der Waals surface area contributed by atoms with Crippen LogP contribution in [0.3, 0.4) is 0 Å². The fourth-order valence-electron chi connectivity index (χ4n) is 4.79. The van der Waals surface area contributed by atoms with E-state index in [9.17, 15) is 38.4 Å². The zero-order valence-electron chi connectivity index (χ0n) is 29.2. The van der Waals surface area contributed by atoms with Crippen LogP contribution in [0.15, 0.2) is 48.5 Å². The number of methoxy groups -OCH3 is 2. The Kier molecular flexibility index (Phi) is 17.9. The zero-order valence-corrected chi connectivity index (χ0v) is 29.2. The highest BCUT2D eigenvalue weighted by molar-refractivity contribution is 5.98. The number of hydrogen-bond acceptors (Lipinski definition) is 12. The van der Waals surface area contributed by atoms with Crippen LogP contribution in [0, 0.1) is 0 Å². The van der Waals surface area contributed by atoms with Gasteiger partial charge in [0.2, 0.25) is 35.4 Å². The fraction of sp³-hybridized carbons (Fsp3) is 0.412. The Morgan fingerprint density at radius 3 is 1.65 bits per heavy atom. The molecule has 0 aromatic heterocycles. The van der Waals surface area contributed by atoms with Gasteiger partial charge in [-0.1, -0.05) is 48.5 Å². The Labute approximate surface area is 300 Å². The summed E-state index contributed by atoms with van der Waals surface area (Å²) in [7, 11) is 2.47. The minimum absolute atomic E-state index is 0.136. The summed E-state index contributed by atoms with van der Waals surface area (Å²) >= 11 is 0. The summed E-state index contributed by atoms with van der Waals surface area (Å²) < 4.78 is 9.44. The van der Waals surface area contributed by atoms with Gasteiger partial charge in [0.1, 0.15) is 18.1 Å². The number of nitrogens with one attached hydrogen (secondary N) is 6. The Bertz CT molecular complexity index is 1600. The molecule has 18 nitrogen and oxygen atoms in total. The lowest BCUT2D eigenvalue weighted by Crippen LogP contribution is -2.57. The van der Waals surface area contributed by atoms with E-state index in [0.717, 1.165) is 22.3 Å². The number of carbonyl (C=O) groups excluding carboxylic acids is 8. The van der Waals surface area contributed by atoms with Gasteiger partial charge in [0.05, 0.1) is 40.3 Å². The first-order valence-electron chi connectivity index (χ1n) is 16.2. The van der Waals surface area contributed by atoms with Crippen LogP contribution < -0.4 is 43.4 Å². The van der Waals surface area contributed by atoms with E-state index in [1.165, 1.54) is 21.1 Å². The Balaban J connectivity index is 0.000000378. The monoisotopic (exact) mass is 726 g/mol. The summed E-state index contributed by atoms with van der Waals surface area (Å²) in [5, 5.41) is 14.6.